The zero-order valence-electron chi connectivity index (χ0n) is 18.4. The minimum atomic E-state index is -3.82. The molecular weight excluding hydrogens is 455 g/mol. The van der Waals surface area contributed by atoms with E-state index in [0.717, 1.165) is 5.56 Å². The van der Waals surface area contributed by atoms with Gasteiger partial charge in [0.1, 0.15) is 5.82 Å². The molecule has 0 aliphatic carbocycles. The maximum atomic E-state index is 14.5. The highest BCUT2D eigenvalue weighted by molar-refractivity contribution is 7.89. The predicted octanol–water partition coefficient (Wildman–Crippen LogP) is 3.73. The first-order chi connectivity index (χ1) is 16.3. The highest BCUT2D eigenvalue weighted by Crippen LogP contribution is 2.18. The number of nitrogens with zero attached hydrogens (tertiary/aromatic N) is 2. The van der Waals surface area contributed by atoms with Crippen LogP contribution < -0.4 is 10.0 Å². The number of amides is 1. The van der Waals surface area contributed by atoms with E-state index in [1.807, 2.05) is 30.3 Å². The Hall–Kier alpha value is -3.82. The van der Waals surface area contributed by atoms with Gasteiger partial charge in [0.15, 0.2) is 0 Å². The minimum Gasteiger partial charge on any atom is -0.348 e. The van der Waals surface area contributed by atoms with Gasteiger partial charge in [-0.1, -0.05) is 42.5 Å². The molecule has 1 heterocycles. The molecular formula is C25H23FN4O3S. The second-order valence-electron chi connectivity index (χ2n) is 7.73. The summed E-state index contributed by atoms with van der Waals surface area (Å²) in [5, 5.41) is 2.73. The quantitative estimate of drug-likeness (QED) is 0.404. The van der Waals surface area contributed by atoms with Gasteiger partial charge in [-0.3, -0.25) is 4.79 Å². The van der Waals surface area contributed by atoms with Crippen molar-refractivity contribution in [3.05, 3.63) is 114 Å². The van der Waals surface area contributed by atoms with Gasteiger partial charge in [0.25, 0.3) is 5.91 Å². The SMILES string of the molecule is Cc1ccc(S(=O)(=O)NCc2ccccc2)cc1C(=O)NCc1ccc(-n2ccnc2)c(F)c1. The normalized spacial score (nSPS) is 11.4. The fraction of sp³-hybridized carbons (Fsp3) is 0.120. The van der Waals surface area contributed by atoms with Gasteiger partial charge in [-0.15, -0.1) is 0 Å². The monoisotopic (exact) mass is 478 g/mol. The van der Waals surface area contributed by atoms with Crippen molar-refractivity contribution in [1.82, 2.24) is 19.6 Å². The van der Waals surface area contributed by atoms with Crippen LogP contribution in [0.2, 0.25) is 0 Å². The van der Waals surface area contributed by atoms with Gasteiger partial charge in [0.05, 0.1) is 16.9 Å². The molecule has 0 saturated carbocycles. The second kappa shape index (κ2) is 9.98. The maximum absolute atomic E-state index is 14.5. The number of carbonyl (C=O) groups excluding carboxylic acids is 1. The Morgan fingerprint density at radius 1 is 1.00 bits per heavy atom. The van der Waals surface area contributed by atoms with Crippen LogP contribution in [-0.2, 0) is 23.1 Å². The third-order valence-electron chi connectivity index (χ3n) is 5.32. The number of rotatable bonds is 8. The van der Waals surface area contributed by atoms with E-state index in [1.54, 1.807) is 42.1 Å². The van der Waals surface area contributed by atoms with Crippen LogP contribution in [0.3, 0.4) is 0 Å². The van der Waals surface area contributed by atoms with Crippen LogP contribution >= 0.6 is 0 Å². The number of imidazole rings is 1. The molecule has 9 heteroatoms. The minimum absolute atomic E-state index is 0.00471. The number of aryl methyl sites for hydroxylation is 1. The van der Waals surface area contributed by atoms with E-state index in [0.29, 0.717) is 16.8 Å². The van der Waals surface area contributed by atoms with Crippen LogP contribution in [0.1, 0.15) is 27.0 Å². The summed E-state index contributed by atoms with van der Waals surface area (Å²) in [6, 6.07) is 18.2. The van der Waals surface area contributed by atoms with Gasteiger partial charge in [-0.2, -0.15) is 0 Å². The molecule has 0 aliphatic rings. The Balaban J connectivity index is 1.45. The lowest BCUT2D eigenvalue weighted by atomic mass is 10.1. The van der Waals surface area contributed by atoms with E-state index >= 15 is 0 Å². The smallest absolute Gasteiger partial charge is 0.251 e. The molecule has 3 aromatic carbocycles. The van der Waals surface area contributed by atoms with E-state index in [-0.39, 0.29) is 23.5 Å². The Kier molecular flexibility index (Phi) is 6.85. The van der Waals surface area contributed by atoms with Gasteiger partial charge in [0.2, 0.25) is 10.0 Å². The number of sulfonamides is 1. The Morgan fingerprint density at radius 2 is 1.79 bits per heavy atom. The van der Waals surface area contributed by atoms with Crippen LogP contribution in [0.15, 0.2) is 90.3 Å². The largest absolute Gasteiger partial charge is 0.348 e. The molecule has 34 heavy (non-hydrogen) atoms. The number of carbonyl (C=O) groups is 1. The molecule has 0 saturated heterocycles. The van der Waals surface area contributed by atoms with Crippen molar-refractivity contribution in [1.29, 1.82) is 0 Å². The first kappa shape index (κ1) is 23.3. The molecule has 0 spiro atoms. The van der Waals surface area contributed by atoms with Crippen molar-refractivity contribution in [2.24, 2.45) is 0 Å². The van der Waals surface area contributed by atoms with Gasteiger partial charge < -0.3 is 9.88 Å². The molecule has 1 aromatic heterocycles. The zero-order valence-corrected chi connectivity index (χ0v) is 19.2. The number of hydrogen-bond donors (Lipinski definition) is 2. The summed E-state index contributed by atoms with van der Waals surface area (Å²) in [5.41, 5.74) is 2.60. The summed E-state index contributed by atoms with van der Waals surface area (Å²) in [5.74, 6) is -0.893. The third kappa shape index (κ3) is 5.38. The van der Waals surface area contributed by atoms with Gasteiger partial charge in [-0.25, -0.2) is 22.5 Å². The molecule has 4 aromatic rings. The summed E-state index contributed by atoms with van der Waals surface area (Å²) >= 11 is 0. The lowest BCUT2D eigenvalue weighted by molar-refractivity contribution is 0.0950. The fourth-order valence-corrected chi connectivity index (χ4v) is 4.46. The summed E-state index contributed by atoms with van der Waals surface area (Å²) in [4.78, 5) is 16.7. The zero-order chi connectivity index (χ0) is 24.1. The molecule has 2 N–H and O–H groups in total. The predicted molar refractivity (Wildman–Crippen MR) is 126 cm³/mol. The van der Waals surface area contributed by atoms with Gasteiger partial charge >= 0.3 is 0 Å². The van der Waals surface area contributed by atoms with Crippen molar-refractivity contribution in [2.45, 2.75) is 24.9 Å². The van der Waals surface area contributed by atoms with E-state index in [4.69, 9.17) is 0 Å². The molecule has 4 rings (SSSR count). The lowest BCUT2D eigenvalue weighted by Crippen LogP contribution is -2.26. The van der Waals surface area contributed by atoms with E-state index in [1.165, 1.54) is 24.5 Å². The van der Waals surface area contributed by atoms with Crippen molar-refractivity contribution in [3.63, 3.8) is 0 Å². The van der Waals surface area contributed by atoms with E-state index < -0.39 is 21.7 Å². The van der Waals surface area contributed by atoms with Crippen LogP contribution in [0.5, 0.6) is 0 Å². The molecule has 0 unspecified atom stereocenters. The molecule has 0 radical (unpaired) electrons. The fourth-order valence-electron chi connectivity index (χ4n) is 3.42. The Morgan fingerprint density at radius 3 is 2.50 bits per heavy atom. The lowest BCUT2D eigenvalue weighted by Gasteiger charge is -2.12. The molecule has 0 bridgehead atoms. The highest BCUT2D eigenvalue weighted by atomic mass is 32.2. The first-order valence-corrected chi connectivity index (χ1v) is 12.0. The average molecular weight is 479 g/mol. The number of halogens is 1. The van der Waals surface area contributed by atoms with Crippen LogP contribution in [-0.4, -0.2) is 23.9 Å². The van der Waals surface area contributed by atoms with Gasteiger partial charge in [-0.05, 0) is 47.9 Å². The van der Waals surface area contributed by atoms with Crippen LogP contribution in [0, 0.1) is 12.7 Å². The number of aromatic nitrogens is 2. The standard InChI is InChI=1S/C25H23FN4O3S/c1-18-7-9-21(34(32,33)29-16-19-5-3-2-4-6-19)14-22(18)25(31)28-15-20-8-10-24(23(26)13-20)30-12-11-27-17-30/h2-14,17,29H,15-16H2,1H3,(H,28,31). The van der Waals surface area contributed by atoms with Crippen molar-refractivity contribution >= 4 is 15.9 Å². The molecule has 174 valence electrons. The maximum Gasteiger partial charge on any atom is 0.251 e. The number of hydrogen-bond acceptors (Lipinski definition) is 4. The van der Waals surface area contributed by atoms with Crippen LogP contribution in [0.25, 0.3) is 5.69 Å². The van der Waals surface area contributed by atoms with E-state index in [9.17, 15) is 17.6 Å². The Bertz CT molecular complexity index is 1410. The van der Waals surface area contributed by atoms with Gasteiger partial charge in [0, 0.05) is 31.0 Å². The van der Waals surface area contributed by atoms with Crippen molar-refractivity contribution in [2.75, 3.05) is 0 Å². The molecule has 0 fully saturated rings. The molecule has 7 nitrogen and oxygen atoms in total. The average Bonchev–Trinajstić information content (AvgIpc) is 3.37. The summed E-state index contributed by atoms with van der Waals surface area (Å²) in [6.07, 6.45) is 4.69. The van der Waals surface area contributed by atoms with Crippen molar-refractivity contribution < 1.29 is 17.6 Å². The second-order valence-corrected chi connectivity index (χ2v) is 9.49. The van der Waals surface area contributed by atoms with E-state index in [2.05, 4.69) is 15.0 Å². The molecule has 0 atom stereocenters. The highest BCUT2D eigenvalue weighted by Gasteiger charge is 2.18. The molecule has 0 aliphatic heterocycles. The summed E-state index contributed by atoms with van der Waals surface area (Å²) in [6.45, 7) is 1.95. The first-order valence-electron chi connectivity index (χ1n) is 10.5. The molecule has 1 amide bonds. The Labute approximate surface area is 197 Å². The van der Waals surface area contributed by atoms with Crippen LogP contribution in [0.4, 0.5) is 4.39 Å². The summed E-state index contributed by atoms with van der Waals surface area (Å²) < 4.78 is 44.1. The number of nitrogens with one attached hydrogen (secondary N) is 2. The topological polar surface area (TPSA) is 93.1 Å². The third-order valence-corrected chi connectivity index (χ3v) is 6.72. The summed E-state index contributed by atoms with van der Waals surface area (Å²) in [7, 11) is -3.82. The van der Waals surface area contributed by atoms with Crippen molar-refractivity contribution in [3.8, 4) is 5.69 Å². The number of benzene rings is 3.